The van der Waals surface area contributed by atoms with Crippen LogP contribution in [0.25, 0.3) is 0 Å². The summed E-state index contributed by atoms with van der Waals surface area (Å²) in [4.78, 5) is 23.8. The minimum absolute atomic E-state index is 0.0443. The van der Waals surface area contributed by atoms with Crippen LogP contribution in [0.15, 0.2) is 0 Å². The third-order valence-electron chi connectivity index (χ3n) is 6.93. The summed E-state index contributed by atoms with van der Waals surface area (Å²) in [5.41, 5.74) is 2.99. The molecule has 0 aliphatic carbocycles. The molecule has 2 saturated heterocycles. The number of nitrogens with one attached hydrogen (secondary N) is 1. The van der Waals surface area contributed by atoms with Crippen LogP contribution in [0.1, 0.15) is 57.4 Å². The van der Waals surface area contributed by atoms with Crippen LogP contribution in [0.4, 0.5) is 10.5 Å². The molecule has 0 aromatic carbocycles. The van der Waals surface area contributed by atoms with Crippen molar-refractivity contribution in [3.63, 3.8) is 0 Å². The number of amides is 1. The van der Waals surface area contributed by atoms with E-state index in [0.717, 1.165) is 42.9 Å². The lowest BCUT2D eigenvalue weighted by molar-refractivity contribution is 0.0159. The highest BCUT2D eigenvalue weighted by atomic mass is 16.6. The van der Waals surface area contributed by atoms with Crippen LogP contribution >= 0.6 is 0 Å². The monoisotopic (exact) mass is 470 g/mol. The molecule has 0 unspecified atom stereocenters. The molecule has 4 heterocycles. The molecule has 9 nitrogen and oxygen atoms in total. The van der Waals surface area contributed by atoms with E-state index >= 15 is 0 Å². The number of hydrogen-bond donors (Lipinski definition) is 1. The third-order valence-corrected chi connectivity index (χ3v) is 6.93. The van der Waals surface area contributed by atoms with Gasteiger partial charge in [0.1, 0.15) is 23.8 Å². The van der Waals surface area contributed by atoms with Crippen molar-refractivity contribution in [3.8, 4) is 11.9 Å². The van der Waals surface area contributed by atoms with Gasteiger partial charge in [-0.3, -0.25) is 0 Å². The van der Waals surface area contributed by atoms with Gasteiger partial charge >= 0.3 is 6.09 Å². The SMILES string of the molecule is C[C@@H]1CN(c2c(C#N)c(OC[C@@H]3CCCN3C)nc3c2CCNC3)CCN1C(=O)OC(C)(C)C. The average molecular weight is 471 g/mol. The lowest BCUT2D eigenvalue weighted by atomic mass is 9.98. The van der Waals surface area contributed by atoms with Crippen LogP contribution < -0.4 is 15.0 Å². The number of nitriles is 1. The molecule has 0 radical (unpaired) electrons. The molecule has 3 aliphatic rings. The molecule has 1 aromatic rings. The number of aromatic nitrogens is 1. The molecule has 1 aromatic heterocycles. The van der Waals surface area contributed by atoms with Gasteiger partial charge in [-0.1, -0.05) is 0 Å². The first-order valence-electron chi connectivity index (χ1n) is 12.4. The van der Waals surface area contributed by atoms with Crippen molar-refractivity contribution in [1.82, 2.24) is 20.1 Å². The van der Waals surface area contributed by atoms with Crippen molar-refractivity contribution < 1.29 is 14.3 Å². The minimum Gasteiger partial charge on any atom is -0.475 e. The number of likely N-dealkylation sites (tertiary alicyclic amines) is 1. The van der Waals surface area contributed by atoms with E-state index in [1.807, 2.05) is 27.7 Å². The number of carbonyl (C=O) groups excluding carboxylic acids is 1. The summed E-state index contributed by atoms with van der Waals surface area (Å²) in [6.45, 7) is 12.6. The van der Waals surface area contributed by atoms with E-state index in [1.165, 1.54) is 6.42 Å². The first-order valence-corrected chi connectivity index (χ1v) is 12.4. The number of piperazine rings is 1. The van der Waals surface area contributed by atoms with E-state index in [-0.39, 0.29) is 12.1 Å². The molecule has 1 N–H and O–H groups in total. The second-order valence-corrected chi connectivity index (χ2v) is 10.7. The second kappa shape index (κ2) is 9.96. The Kier molecular flexibility index (Phi) is 7.20. The Bertz CT molecular complexity index is 953. The maximum atomic E-state index is 12.7. The highest BCUT2D eigenvalue weighted by Gasteiger charge is 2.34. The molecule has 9 heteroatoms. The van der Waals surface area contributed by atoms with Gasteiger partial charge in [-0.25, -0.2) is 9.78 Å². The Morgan fingerprint density at radius 3 is 2.74 bits per heavy atom. The van der Waals surface area contributed by atoms with Crippen LogP contribution in [0, 0.1) is 11.3 Å². The Balaban J connectivity index is 1.59. The second-order valence-electron chi connectivity index (χ2n) is 10.7. The van der Waals surface area contributed by atoms with Crippen LogP contribution in [-0.4, -0.2) is 84.9 Å². The Morgan fingerprint density at radius 1 is 1.29 bits per heavy atom. The van der Waals surface area contributed by atoms with Gasteiger partial charge in [-0.05, 0) is 67.1 Å². The Morgan fingerprint density at radius 2 is 2.09 bits per heavy atom. The summed E-state index contributed by atoms with van der Waals surface area (Å²) in [6, 6.07) is 2.72. The van der Waals surface area contributed by atoms with Gasteiger partial charge < -0.3 is 29.5 Å². The maximum absolute atomic E-state index is 12.7. The predicted octanol–water partition coefficient (Wildman–Crippen LogP) is 2.52. The van der Waals surface area contributed by atoms with Crippen LogP contribution in [0.5, 0.6) is 5.88 Å². The molecule has 1 amide bonds. The average Bonchev–Trinajstić information content (AvgIpc) is 3.19. The van der Waals surface area contributed by atoms with Gasteiger partial charge in [0.05, 0.1) is 11.4 Å². The molecular weight excluding hydrogens is 432 g/mol. The Labute approximate surface area is 203 Å². The zero-order chi connectivity index (χ0) is 24.5. The number of ether oxygens (including phenoxy) is 2. The zero-order valence-corrected chi connectivity index (χ0v) is 21.2. The number of nitrogens with zero attached hydrogens (tertiary/aromatic N) is 5. The van der Waals surface area contributed by atoms with Crippen molar-refractivity contribution in [3.05, 3.63) is 16.8 Å². The number of likely N-dealkylation sites (N-methyl/N-ethyl adjacent to an activating group) is 1. The molecule has 34 heavy (non-hydrogen) atoms. The Hall–Kier alpha value is -2.57. The van der Waals surface area contributed by atoms with E-state index in [1.54, 1.807) is 4.90 Å². The molecule has 2 atom stereocenters. The summed E-state index contributed by atoms with van der Waals surface area (Å²) in [5.74, 6) is 0.433. The molecule has 2 fully saturated rings. The molecule has 3 aliphatic heterocycles. The molecule has 0 saturated carbocycles. The van der Waals surface area contributed by atoms with E-state index < -0.39 is 5.60 Å². The van der Waals surface area contributed by atoms with Crippen molar-refractivity contribution in [2.45, 2.75) is 71.2 Å². The lowest BCUT2D eigenvalue weighted by Crippen LogP contribution is -2.55. The molecule has 186 valence electrons. The van der Waals surface area contributed by atoms with Gasteiger partial charge in [0.15, 0.2) is 0 Å². The fourth-order valence-corrected chi connectivity index (χ4v) is 5.14. The number of hydrogen-bond acceptors (Lipinski definition) is 8. The summed E-state index contributed by atoms with van der Waals surface area (Å²) >= 11 is 0. The van der Waals surface area contributed by atoms with Crippen LogP contribution in [0.3, 0.4) is 0 Å². The topological polar surface area (TPSA) is 94.0 Å². The minimum atomic E-state index is -0.529. The van der Waals surface area contributed by atoms with Gasteiger partial charge in [-0.15, -0.1) is 0 Å². The number of fused-ring (bicyclic) bond motifs is 1. The molecular formula is C25H38N6O3. The van der Waals surface area contributed by atoms with Crippen LogP contribution in [-0.2, 0) is 17.7 Å². The quantitative estimate of drug-likeness (QED) is 0.718. The number of anilines is 1. The van der Waals surface area contributed by atoms with Gasteiger partial charge in [-0.2, -0.15) is 5.26 Å². The summed E-state index contributed by atoms with van der Waals surface area (Å²) in [7, 11) is 2.12. The first-order chi connectivity index (χ1) is 16.2. The fourth-order valence-electron chi connectivity index (χ4n) is 5.14. The van der Waals surface area contributed by atoms with Gasteiger partial charge in [0.25, 0.3) is 0 Å². The molecule has 0 spiro atoms. The van der Waals surface area contributed by atoms with Crippen LogP contribution in [0.2, 0.25) is 0 Å². The highest BCUT2D eigenvalue weighted by molar-refractivity contribution is 5.72. The smallest absolute Gasteiger partial charge is 0.410 e. The summed E-state index contributed by atoms with van der Waals surface area (Å²) in [6.07, 6.45) is 2.80. The number of pyridine rings is 1. The van der Waals surface area contributed by atoms with Gasteiger partial charge in [0.2, 0.25) is 5.88 Å². The van der Waals surface area contributed by atoms with Gasteiger partial charge in [0, 0.05) is 43.8 Å². The van der Waals surface area contributed by atoms with Crippen molar-refractivity contribution in [2.24, 2.45) is 0 Å². The van der Waals surface area contributed by atoms with Crippen molar-refractivity contribution >= 4 is 11.8 Å². The van der Waals surface area contributed by atoms with E-state index in [4.69, 9.17) is 14.5 Å². The molecule has 4 rings (SSSR count). The standard InChI is InChI=1S/C25H38N6O3/c1-17-15-30(11-12-31(17)24(32)34-25(2,3)4)22-19-8-9-27-14-21(19)28-23(20(22)13-26)33-16-18-7-6-10-29(18)5/h17-18,27H,6-12,14-16H2,1-5H3/t17-,18+/m1/s1. The number of carbonyl (C=O) groups is 1. The summed E-state index contributed by atoms with van der Waals surface area (Å²) < 4.78 is 11.8. The maximum Gasteiger partial charge on any atom is 0.410 e. The number of rotatable bonds is 4. The van der Waals surface area contributed by atoms with E-state index in [9.17, 15) is 10.1 Å². The first kappa shape index (κ1) is 24.6. The largest absolute Gasteiger partial charge is 0.475 e. The fraction of sp³-hybridized carbons (Fsp3) is 0.720. The predicted molar refractivity (Wildman–Crippen MR) is 130 cm³/mol. The molecule has 0 bridgehead atoms. The zero-order valence-electron chi connectivity index (χ0n) is 21.2. The van der Waals surface area contributed by atoms with Crippen molar-refractivity contribution in [1.29, 1.82) is 5.26 Å². The van der Waals surface area contributed by atoms with E-state index in [2.05, 4.69) is 28.2 Å². The normalized spacial score (nSPS) is 23.4. The highest BCUT2D eigenvalue weighted by Crippen LogP contribution is 2.36. The summed E-state index contributed by atoms with van der Waals surface area (Å²) in [5, 5.41) is 13.6. The lowest BCUT2D eigenvalue weighted by Gasteiger charge is -2.42. The van der Waals surface area contributed by atoms with Crippen molar-refractivity contribution in [2.75, 3.05) is 51.3 Å². The van der Waals surface area contributed by atoms with E-state index in [0.29, 0.717) is 50.3 Å². The third kappa shape index (κ3) is 5.23.